The van der Waals surface area contributed by atoms with Gasteiger partial charge in [0.2, 0.25) is 0 Å². The van der Waals surface area contributed by atoms with Gasteiger partial charge in [0.1, 0.15) is 0 Å². The summed E-state index contributed by atoms with van der Waals surface area (Å²) in [6.07, 6.45) is 12.7. The van der Waals surface area contributed by atoms with Gasteiger partial charge in [0, 0.05) is 26.7 Å². The Kier molecular flexibility index (Phi) is 16.0. The average Bonchev–Trinajstić information content (AvgIpc) is 2.61. The van der Waals surface area contributed by atoms with Gasteiger partial charge in [-0.3, -0.25) is 4.79 Å². The molecule has 0 atom stereocenters. The fourth-order valence-electron chi connectivity index (χ4n) is 2.69. The van der Waals surface area contributed by atoms with Gasteiger partial charge < -0.3 is 19.0 Å². The van der Waals surface area contributed by atoms with E-state index in [0.29, 0.717) is 19.0 Å². The van der Waals surface area contributed by atoms with E-state index in [1.807, 2.05) is 0 Å². The standard InChI is InChI=1S/C18H39NO4Si/c1-4-5-6-7-8-9-10-11-12-14-18(20)17-23-24(21-2,22-3)16-13-15-19/h4-17,19H2,1-3H3. The summed E-state index contributed by atoms with van der Waals surface area (Å²) in [5.41, 5.74) is 5.53. The molecule has 0 saturated carbocycles. The highest BCUT2D eigenvalue weighted by atomic mass is 28.4. The Morgan fingerprint density at radius 2 is 1.42 bits per heavy atom. The molecular weight excluding hydrogens is 322 g/mol. The van der Waals surface area contributed by atoms with Crippen molar-refractivity contribution in [2.45, 2.75) is 83.6 Å². The molecule has 0 heterocycles. The van der Waals surface area contributed by atoms with E-state index >= 15 is 0 Å². The van der Waals surface area contributed by atoms with E-state index in [0.717, 1.165) is 19.3 Å². The molecule has 0 spiro atoms. The Morgan fingerprint density at radius 3 is 1.92 bits per heavy atom. The lowest BCUT2D eigenvalue weighted by molar-refractivity contribution is -0.122. The van der Waals surface area contributed by atoms with Gasteiger partial charge in [0.15, 0.2) is 5.78 Å². The van der Waals surface area contributed by atoms with Crippen LogP contribution in [0, 0.1) is 0 Å². The minimum atomic E-state index is -2.70. The number of rotatable bonds is 18. The highest BCUT2D eigenvalue weighted by Crippen LogP contribution is 2.16. The van der Waals surface area contributed by atoms with Crippen LogP contribution in [-0.4, -0.2) is 42.0 Å². The van der Waals surface area contributed by atoms with E-state index in [1.165, 1.54) is 44.9 Å². The first-order chi connectivity index (χ1) is 11.6. The molecule has 2 N–H and O–H groups in total. The summed E-state index contributed by atoms with van der Waals surface area (Å²) in [7, 11) is 0.457. The van der Waals surface area contributed by atoms with Gasteiger partial charge in [-0.2, -0.15) is 0 Å². The molecule has 6 heteroatoms. The second-order valence-electron chi connectivity index (χ2n) is 6.39. The van der Waals surface area contributed by atoms with Gasteiger partial charge in [-0.15, -0.1) is 0 Å². The van der Waals surface area contributed by atoms with E-state index < -0.39 is 8.80 Å². The fraction of sp³-hybridized carbons (Fsp3) is 0.944. The van der Waals surface area contributed by atoms with Crippen LogP contribution in [0.1, 0.15) is 77.6 Å². The molecule has 0 aromatic carbocycles. The third-order valence-electron chi connectivity index (χ3n) is 4.32. The Balaban J connectivity index is 3.70. The number of ketones is 1. The van der Waals surface area contributed by atoms with E-state index in [2.05, 4.69) is 6.92 Å². The molecule has 0 rings (SSSR count). The Hall–Kier alpha value is -0.273. The molecule has 0 aliphatic carbocycles. The summed E-state index contributed by atoms with van der Waals surface area (Å²) in [4.78, 5) is 12.0. The van der Waals surface area contributed by atoms with E-state index in [4.69, 9.17) is 19.0 Å². The van der Waals surface area contributed by atoms with Crippen molar-refractivity contribution < 1.29 is 18.1 Å². The molecular formula is C18H39NO4Si. The van der Waals surface area contributed by atoms with Crippen molar-refractivity contribution >= 4 is 14.6 Å². The lowest BCUT2D eigenvalue weighted by Crippen LogP contribution is -2.45. The lowest BCUT2D eigenvalue weighted by atomic mass is 10.1. The molecule has 0 unspecified atom stereocenters. The zero-order valence-electron chi connectivity index (χ0n) is 16.1. The summed E-state index contributed by atoms with van der Waals surface area (Å²) >= 11 is 0. The van der Waals surface area contributed by atoms with Crippen molar-refractivity contribution in [2.24, 2.45) is 5.73 Å². The van der Waals surface area contributed by atoms with Crippen molar-refractivity contribution in [3.8, 4) is 0 Å². The predicted molar refractivity (Wildman–Crippen MR) is 101 cm³/mol. The number of Topliss-reactive ketones (excluding diaryl/α,β-unsaturated/α-hetero) is 1. The number of unbranched alkanes of at least 4 members (excludes halogenated alkanes) is 8. The van der Waals surface area contributed by atoms with Crippen LogP contribution >= 0.6 is 0 Å². The molecule has 0 saturated heterocycles. The monoisotopic (exact) mass is 361 g/mol. The van der Waals surface area contributed by atoms with Crippen LogP contribution < -0.4 is 5.73 Å². The van der Waals surface area contributed by atoms with Crippen molar-refractivity contribution in [1.82, 2.24) is 0 Å². The smallest absolute Gasteiger partial charge is 0.377 e. The summed E-state index contributed by atoms with van der Waals surface area (Å²) < 4.78 is 16.6. The van der Waals surface area contributed by atoms with E-state index in [9.17, 15) is 4.79 Å². The summed E-state index contributed by atoms with van der Waals surface area (Å²) in [6.45, 7) is 2.90. The fourth-order valence-corrected chi connectivity index (χ4v) is 4.66. The van der Waals surface area contributed by atoms with Crippen LogP contribution in [0.25, 0.3) is 0 Å². The second kappa shape index (κ2) is 16.2. The third kappa shape index (κ3) is 12.1. The van der Waals surface area contributed by atoms with Crippen LogP contribution in [0.5, 0.6) is 0 Å². The highest BCUT2D eigenvalue weighted by molar-refractivity contribution is 6.60. The molecule has 24 heavy (non-hydrogen) atoms. The number of hydrogen-bond donors (Lipinski definition) is 1. The number of carbonyl (C=O) groups excluding carboxylic acids is 1. The van der Waals surface area contributed by atoms with Crippen molar-refractivity contribution in [3.63, 3.8) is 0 Å². The first-order valence-corrected chi connectivity index (χ1v) is 11.5. The molecule has 0 aromatic heterocycles. The Labute approximate surface area is 150 Å². The maximum Gasteiger partial charge on any atom is 0.500 e. The van der Waals surface area contributed by atoms with Crippen molar-refractivity contribution in [3.05, 3.63) is 0 Å². The largest absolute Gasteiger partial charge is 0.500 e. The molecule has 0 radical (unpaired) electrons. The van der Waals surface area contributed by atoms with E-state index in [-0.39, 0.29) is 12.4 Å². The lowest BCUT2D eigenvalue weighted by Gasteiger charge is -2.25. The highest BCUT2D eigenvalue weighted by Gasteiger charge is 2.38. The number of hydrogen-bond acceptors (Lipinski definition) is 5. The average molecular weight is 362 g/mol. The van der Waals surface area contributed by atoms with Gasteiger partial charge in [-0.25, -0.2) is 0 Å². The predicted octanol–water partition coefficient (Wildman–Crippen LogP) is 4.07. The maximum absolute atomic E-state index is 12.0. The molecule has 0 aromatic rings. The van der Waals surface area contributed by atoms with Crippen molar-refractivity contribution in [1.29, 1.82) is 0 Å². The summed E-state index contributed by atoms with van der Waals surface area (Å²) in [6, 6.07) is 0.655. The van der Waals surface area contributed by atoms with Gasteiger partial charge in [-0.05, 0) is 19.4 Å². The molecule has 0 aliphatic heterocycles. The van der Waals surface area contributed by atoms with Gasteiger partial charge >= 0.3 is 8.80 Å². The van der Waals surface area contributed by atoms with Gasteiger partial charge in [0.25, 0.3) is 0 Å². The minimum absolute atomic E-state index is 0.0927. The molecule has 0 aliphatic rings. The van der Waals surface area contributed by atoms with Crippen LogP contribution in [0.2, 0.25) is 6.04 Å². The summed E-state index contributed by atoms with van der Waals surface area (Å²) in [5, 5.41) is 0. The maximum atomic E-state index is 12.0. The summed E-state index contributed by atoms with van der Waals surface area (Å²) in [5.74, 6) is 0.136. The normalized spacial score (nSPS) is 11.8. The number of carbonyl (C=O) groups is 1. The molecule has 0 bridgehead atoms. The van der Waals surface area contributed by atoms with Crippen LogP contribution in [0.3, 0.4) is 0 Å². The van der Waals surface area contributed by atoms with Crippen LogP contribution in [0.15, 0.2) is 0 Å². The van der Waals surface area contributed by atoms with Gasteiger partial charge in [0.05, 0.1) is 6.61 Å². The Bertz CT molecular complexity index is 299. The van der Waals surface area contributed by atoms with Crippen LogP contribution in [-0.2, 0) is 18.1 Å². The Morgan fingerprint density at radius 1 is 0.875 bits per heavy atom. The second-order valence-corrected chi connectivity index (χ2v) is 9.36. The van der Waals surface area contributed by atoms with Crippen molar-refractivity contribution in [2.75, 3.05) is 27.4 Å². The zero-order chi connectivity index (χ0) is 18.1. The molecule has 5 nitrogen and oxygen atoms in total. The first-order valence-electron chi connectivity index (χ1n) is 9.60. The minimum Gasteiger partial charge on any atom is -0.377 e. The molecule has 0 amide bonds. The van der Waals surface area contributed by atoms with Gasteiger partial charge in [-0.1, -0.05) is 58.3 Å². The topological polar surface area (TPSA) is 70.8 Å². The third-order valence-corrected chi connectivity index (χ3v) is 7.12. The number of nitrogens with two attached hydrogens (primary N) is 1. The molecule has 144 valence electrons. The zero-order valence-corrected chi connectivity index (χ0v) is 17.1. The SMILES string of the molecule is CCCCCCCCCCCC(=O)CO[Si](CCCN)(OC)OC. The van der Waals surface area contributed by atoms with E-state index in [1.54, 1.807) is 14.2 Å². The molecule has 0 fully saturated rings. The first kappa shape index (κ1) is 23.7. The quantitative estimate of drug-likeness (QED) is 0.294. The van der Waals surface area contributed by atoms with Crippen LogP contribution in [0.4, 0.5) is 0 Å².